The number of hydrogen-bond acceptors (Lipinski definition) is 4. The molecule has 0 aliphatic heterocycles. The van der Waals surface area contributed by atoms with E-state index in [2.05, 4.69) is 21.4 Å². The van der Waals surface area contributed by atoms with Crippen molar-refractivity contribution in [2.45, 2.75) is 13.5 Å². The number of carbonyl (C=O) groups excluding carboxylic acids is 1. The zero-order valence-corrected chi connectivity index (χ0v) is 13.3. The van der Waals surface area contributed by atoms with Crippen LogP contribution in [-0.4, -0.2) is 15.9 Å². The van der Waals surface area contributed by atoms with E-state index in [-0.39, 0.29) is 5.91 Å². The SMILES string of the molecule is Cc1cccc(COc2ccc(C(=O)Nc3ccccn3)cn2)c1. The quantitative estimate of drug-likeness (QED) is 0.780. The molecule has 1 N–H and O–H groups in total. The molecule has 2 aromatic heterocycles. The Kier molecular flexibility index (Phi) is 4.81. The van der Waals surface area contributed by atoms with Crippen molar-refractivity contribution in [2.75, 3.05) is 5.32 Å². The van der Waals surface area contributed by atoms with E-state index >= 15 is 0 Å². The lowest BCUT2D eigenvalue weighted by atomic mass is 10.1. The Bertz CT molecular complexity index is 818. The molecule has 0 bridgehead atoms. The predicted octanol–water partition coefficient (Wildman–Crippen LogP) is 3.62. The molecule has 5 heteroatoms. The number of carbonyl (C=O) groups is 1. The molecule has 1 amide bonds. The molecule has 0 unspecified atom stereocenters. The predicted molar refractivity (Wildman–Crippen MR) is 91.9 cm³/mol. The van der Waals surface area contributed by atoms with Crippen molar-refractivity contribution >= 4 is 11.7 Å². The fraction of sp³-hybridized carbons (Fsp3) is 0.105. The summed E-state index contributed by atoms with van der Waals surface area (Å²) in [6.07, 6.45) is 3.11. The number of nitrogens with zero attached hydrogens (tertiary/aromatic N) is 2. The summed E-state index contributed by atoms with van der Waals surface area (Å²) in [4.78, 5) is 20.3. The number of ether oxygens (including phenoxy) is 1. The highest BCUT2D eigenvalue weighted by atomic mass is 16.5. The third kappa shape index (κ3) is 4.16. The molecule has 3 rings (SSSR count). The molecular weight excluding hydrogens is 302 g/mol. The summed E-state index contributed by atoms with van der Waals surface area (Å²) in [6, 6.07) is 16.8. The number of anilines is 1. The van der Waals surface area contributed by atoms with E-state index in [1.54, 1.807) is 30.5 Å². The molecule has 1 aromatic carbocycles. The fourth-order valence-corrected chi connectivity index (χ4v) is 2.18. The lowest BCUT2D eigenvalue weighted by molar-refractivity contribution is 0.102. The Hall–Kier alpha value is -3.21. The first-order valence-electron chi connectivity index (χ1n) is 7.57. The van der Waals surface area contributed by atoms with Crippen LogP contribution in [0, 0.1) is 6.92 Å². The third-order valence-corrected chi connectivity index (χ3v) is 3.37. The van der Waals surface area contributed by atoms with Crippen molar-refractivity contribution in [3.05, 3.63) is 83.7 Å². The van der Waals surface area contributed by atoms with Crippen molar-refractivity contribution in [2.24, 2.45) is 0 Å². The van der Waals surface area contributed by atoms with Gasteiger partial charge in [-0.25, -0.2) is 9.97 Å². The second kappa shape index (κ2) is 7.37. The van der Waals surface area contributed by atoms with Crippen molar-refractivity contribution in [1.82, 2.24) is 9.97 Å². The number of pyridine rings is 2. The van der Waals surface area contributed by atoms with Crippen LogP contribution in [0.5, 0.6) is 5.88 Å². The minimum absolute atomic E-state index is 0.258. The summed E-state index contributed by atoms with van der Waals surface area (Å²) >= 11 is 0. The van der Waals surface area contributed by atoms with Gasteiger partial charge in [-0.1, -0.05) is 35.9 Å². The number of aryl methyl sites for hydroxylation is 1. The largest absolute Gasteiger partial charge is 0.473 e. The fourth-order valence-electron chi connectivity index (χ4n) is 2.18. The molecule has 3 aromatic rings. The average molecular weight is 319 g/mol. The van der Waals surface area contributed by atoms with E-state index in [4.69, 9.17) is 4.74 Å². The van der Waals surface area contributed by atoms with Crippen molar-refractivity contribution in [3.8, 4) is 5.88 Å². The highest BCUT2D eigenvalue weighted by Gasteiger charge is 2.07. The van der Waals surface area contributed by atoms with E-state index in [0.29, 0.717) is 23.9 Å². The molecule has 0 spiro atoms. The van der Waals surface area contributed by atoms with E-state index in [1.807, 2.05) is 31.2 Å². The molecule has 5 nitrogen and oxygen atoms in total. The van der Waals surface area contributed by atoms with Crippen LogP contribution in [0.25, 0.3) is 0 Å². The first-order valence-corrected chi connectivity index (χ1v) is 7.57. The van der Waals surface area contributed by atoms with Gasteiger partial charge in [0.1, 0.15) is 12.4 Å². The minimum atomic E-state index is -0.258. The number of rotatable bonds is 5. The second-order valence-corrected chi connectivity index (χ2v) is 5.33. The molecule has 0 saturated heterocycles. The number of aromatic nitrogens is 2. The van der Waals surface area contributed by atoms with Crippen molar-refractivity contribution in [3.63, 3.8) is 0 Å². The first-order chi connectivity index (χ1) is 11.7. The van der Waals surface area contributed by atoms with Crippen LogP contribution in [0.4, 0.5) is 5.82 Å². The van der Waals surface area contributed by atoms with E-state index in [9.17, 15) is 4.79 Å². The summed E-state index contributed by atoms with van der Waals surface area (Å²) in [5.41, 5.74) is 2.71. The van der Waals surface area contributed by atoms with E-state index < -0.39 is 0 Å². The van der Waals surface area contributed by atoms with Crippen molar-refractivity contribution < 1.29 is 9.53 Å². The maximum atomic E-state index is 12.1. The number of amides is 1. The van der Waals surface area contributed by atoms with Gasteiger partial charge >= 0.3 is 0 Å². The van der Waals surface area contributed by atoms with E-state index in [0.717, 1.165) is 5.56 Å². The van der Waals surface area contributed by atoms with Crippen LogP contribution < -0.4 is 10.1 Å². The molecule has 0 saturated carbocycles. The van der Waals surface area contributed by atoms with Gasteiger partial charge < -0.3 is 10.1 Å². The maximum Gasteiger partial charge on any atom is 0.258 e. The maximum absolute atomic E-state index is 12.1. The highest BCUT2D eigenvalue weighted by molar-refractivity contribution is 6.03. The summed E-state index contributed by atoms with van der Waals surface area (Å²) in [5.74, 6) is 0.722. The van der Waals surface area contributed by atoms with Crippen LogP contribution in [-0.2, 0) is 6.61 Å². The topological polar surface area (TPSA) is 64.1 Å². The van der Waals surface area contributed by atoms with Crippen LogP contribution in [0.3, 0.4) is 0 Å². The lowest BCUT2D eigenvalue weighted by Crippen LogP contribution is -2.13. The normalized spacial score (nSPS) is 10.2. The molecular formula is C19H17N3O2. The standard InChI is InChI=1S/C19H17N3O2/c1-14-5-4-6-15(11-14)13-24-18-9-8-16(12-21-18)19(23)22-17-7-2-3-10-20-17/h2-12H,13H2,1H3,(H,20,22,23). The molecule has 24 heavy (non-hydrogen) atoms. The van der Waals surface area contributed by atoms with Gasteiger partial charge in [-0.3, -0.25) is 4.79 Å². The molecule has 0 atom stereocenters. The lowest BCUT2D eigenvalue weighted by Gasteiger charge is -2.07. The van der Waals surface area contributed by atoms with E-state index in [1.165, 1.54) is 11.8 Å². The third-order valence-electron chi connectivity index (χ3n) is 3.37. The zero-order valence-electron chi connectivity index (χ0n) is 13.3. The van der Waals surface area contributed by atoms with Gasteiger partial charge in [0.05, 0.1) is 5.56 Å². The van der Waals surface area contributed by atoms with Gasteiger partial charge in [-0.15, -0.1) is 0 Å². The Labute approximate surface area is 140 Å². The summed E-state index contributed by atoms with van der Waals surface area (Å²) in [6.45, 7) is 2.48. The molecule has 0 radical (unpaired) electrons. The van der Waals surface area contributed by atoms with Crippen molar-refractivity contribution in [1.29, 1.82) is 0 Å². The average Bonchev–Trinajstić information content (AvgIpc) is 2.61. The number of benzene rings is 1. The number of nitrogens with one attached hydrogen (secondary N) is 1. The summed E-state index contributed by atoms with van der Waals surface area (Å²) < 4.78 is 5.64. The van der Waals surface area contributed by atoms with Gasteiger partial charge in [0.25, 0.3) is 5.91 Å². The van der Waals surface area contributed by atoms with Crippen LogP contribution in [0.15, 0.2) is 67.0 Å². The zero-order chi connectivity index (χ0) is 16.8. The van der Waals surface area contributed by atoms with Crippen LogP contribution in [0.1, 0.15) is 21.5 Å². The second-order valence-electron chi connectivity index (χ2n) is 5.33. The monoisotopic (exact) mass is 319 g/mol. The summed E-state index contributed by atoms with van der Waals surface area (Å²) in [7, 11) is 0. The first kappa shape index (κ1) is 15.7. The van der Waals surface area contributed by atoms with Gasteiger partial charge in [0, 0.05) is 18.5 Å². The van der Waals surface area contributed by atoms with Gasteiger partial charge in [0.2, 0.25) is 5.88 Å². The number of hydrogen-bond donors (Lipinski definition) is 1. The molecule has 0 aliphatic carbocycles. The smallest absolute Gasteiger partial charge is 0.258 e. The Morgan fingerprint density at radius 2 is 2.00 bits per heavy atom. The Morgan fingerprint density at radius 1 is 1.08 bits per heavy atom. The Morgan fingerprint density at radius 3 is 2.71 bits per heavy atom. The molecule has 0 aliphatic rings. The van der Waals surface area contributed by atoms with Gasteiger partial charge in [-0.05, 0) is 30.7 Å². The summed E-state index contributed by atoms with van der Waals surface area (Å²) in [5, 5.41) is 2.71. The van der Waals surface area contributed by atoms with Gasteiger partial charge in [0.15, 0.2) is 0 Å². The molecule has 120 valence electrons. The molecule has 2 heterocycles. The van der Waals surface area contributed by atoms with Crippen LogP contribution >= 0.6 is 0 Å². The molecule has 0 fully saturated rings. The Balaban J connectivity index is 1.59. The highest BCUT2D eigenvalue weighted by Crippen LogP contribution is 2.12. The minimum Gasteiger partial charge on any atom is -0.473 e. The van der Waals surface area contributed by atoms with Gasteiger partial charge in [-0.2, -0.15) is 0 Å². The van der Waals surface area contributed by atoms with Crippen LogP contribution in [0.2, 0.25) is 0 Å².